The lowest BCUT2D eigenvalue weighted by Crippen LogP contribution is -2.20. The zero-order valence-electron chi connectivity index (χ0n) is 11.7. The van der Waals surface area contributed by atoms with Crippen molar-refractivity contribution in [2.45, 2.75) is 32.9 Å². The van der Waals surface area contributed by atoms with Crippen LogP contribution in [0.25, 0.3) is 0 Å². The lowest BCUT2D eigenvalue weighted by molar-refractivity contribution is 0.440. The van der Waals surface area contributed by atoms with E-state index < -0.39 is 0 Å². The highest BCUT2D eigenvalue weighted by Gasteiger charge is 2.13. The number of nitrogens with zero attached hydrogens (tertiary/aromatic N) is 2. The quantitative estimate of drug-likeness (QED) is 0.868. The highest BCUT2D eigenvalue weighted by Crippen LogP contribution is 2.26. The van der Waals surface area contributed by atoms with Gasteiger partial charge in [-0.05, 0) is 19.4 Å². The first-order valence-corrected chi connectivity index (χ1v) is 6.62. The maximum absolute atomic E-state index is 9.91. The molecule has 0 bridgehead atoms. The van der Waals surface area contributed by atoms with Crippen LogP contribution in [0.3, 0.4) is 0 Å². The Morgan fingerprint density at radius 3 is 2.68 bits per heavy atom. The second-order valence-electron chi connectivity index (χ2n) is 4.78. The minimum Gasteiger partial charge on any atom is -0.508 e. The van der Waals surface area contributed by atoms with Crippen molar-refractivity contribution in [2.75, 3.05) is 0 Å². The first kappa shape index (κ1) is 13.6. The molecule has 1 aromatic carbocycles. The number of aromatic hydroxyl groups is 1. The normalized spacial score (nSPS) is 12.6. The Bertz CT molecular complexity index is 548. The van der Waals surface area contributed by atoms with E-state index in [2.05, 4.69) is 24.3 Å². The number of rotatable bonds is 5. The van der Waals surface area contributed by atoms with Gasteiger partial charge < -0.3 is 10.4 Å². The second kappa shape index (κ2) is 5.89. The van der Waals surface area contributed by atoms with Crippen LogP contribution in [0.15, 0.2) is 30.5 Å². The van der Waals surface area contributed by atoms with Crippen LogP contribution in [-0.4, -0.2) is 14.9 Å². The molecule has 0 radical (unpaired) electrons. The number of para-hydroxylation sites is 1. The van der Waals surface area contributed by atoms with Gasteiger partial charge in [-0.25, -0.2) is 0 Å². The van der Waals surface area contributed by atoms with E-state index >= 15 is 0 Å². The third-order valence-electron chi connectivity index (χ3n) is 3.60. The monoisotopic (exact) mass is 259 g/mol. The van der Waals surface area contributed by atoms with E-state index in [-0.39, 0.29) is 6.04 Å². The molecule has 0 aliphatic heterocycles. The van der Waals surface area contributed by atoms with Gasteiger partial charge >= 0.3 is 0 Å². The summed E-state index contributed by atoms with van der Waals surface area (Å²) in [4.78, 5) is 0. The van der Waals surface area contributed by atoms with Crippen molar-refractivity contribution in [1.29, 1.82) is 0 Å². The predicted octanol–water partition coefficient (Wildman–Crippen LogP) is 2.68. The second-order valence-corrected chi connectivity index (χ2v) is 4.78. The average Bonchev–Trinajstić information content (AvgIpc) is 2.73. The zero-order chi connectivity index (χ0) is 13.8. The van der Waals surface area contributed by atoms with Gasteiger partial charge in [0.1, 0.15) is 5.75 Å². The fourth-order valence-corrected chi connectivity index (χ4v) is 2.21. The molecule has 0 amide bonds. The molecule has 0 spiro atoms. The molecule has 4 heteroatoms. The summed E-state index contributed by atoms with van der Waals surface area (Å²) in [6.45, 7) is 4.93. The van der Waals surface area contributed by atoms with Gasteiger partial charge in [-0.1, -0.05) is 25.1 Å². The molecule has 2 aromatic rings. The minimum atomic E-state index is 0.154. The number of aryl methyl sites for hydroxylation is 1. The van der Waals surface area contributed by atoms with Crippen LogP contribution in [0.2, 0.25) is 0 Å². The molecule has 19 heavy (non-hydrogen) atoms. The van der Waals surface area contributed by atoms with Gasteiger partial charge in [0.05, 0.1) is 6.20 Å². The third-order valence-corrected chi connectivity index (χ3v) is 3.60. The molecule has 4 nitrogen and oxygen atoms in total. The zero-order valence-corrected chi connectivity index (χ0v) is 11.7. The van der Waals surface area contributed by atoms with Gasteiger partial charge in [-0.2, -0.15) is 5.10 Å². The fourth-order valence-electron chi connectivity index (χ4n) is 2.21. The SMILES string of the molecule is CCC(NCc1cnn(C)c1C)c1ccccc1O. The topological polar surface area (TPSA) is 50.1 Å². The van der Waals surface area contributed by atoms with Gasteiger partial charge in [-0.3, -0.25) is 4.68 Å². The van der Waals surface area contributed by atoms with Gasteiger partial charge in [-0.15, -0.1) is 0 Å². The van der Waals surface area contributed by atoms with Crippen LogP contribution in [0.4, 0.5) is 0 Å². The van der Waals surface area contributed by atoms with Crippen LogP contribution in [0.1, 0.15) is 36.2 Å². The fraction of sp³-hybridized carbons (Fsp3) is 0.400. The molecule has 1 atom stereocenters. The molecule has 0 saturated heterocycles. The molecule has 0 aliphatic carbocycles. The molecule has 1 aromatic heterocycles. The number of benzene rings is 1. The summed E-state index contributed by atoms with van der Waals surface area (Å²) in [6.07, 6.45) is 2.82. The van der Waals surface area contributed by atoms with E-state index in [9.17, 15) is 5.11 Å². The first-order chi connectivity index (χ1) is 9.13. The van der Waals surface area contributed by atoms with Crippen LogP contribution in [0.5, 0.6) is 5.75 Å². The number of phenolic OH excluding ortho intramolecular Hbond substituents is 1. The molecule has 1 unspecified atom stereocenters. The number of hydrogen-bond acceptors (Lipinski definition) is 3. The van der Waals surface area contributed by atoms with Crippen molar-refractivity contribution >= 4 is 0 Å². The first-order valence-electron chi connectivity index (χ1n) is 6.62. The van der Waals surface area contributed by atoms with Gasteiger partial charge in [0.25, 0.3) is 0 Å². The standard InChI is InChI=1S/C15H21N3O/c1-4-14(13-7-5-6-8-15(13)19)16-9-12-10-17-18(3)11(12)2/h5-8,10,14,16,19H,4,9H2,1-3H3. The molecular formula is C15H21N3O. The molecular weight excluding hydrogens is 238 g/mol. The number of hydrogen-bond donors (Lipinski definition) is 2. The minimum absolute atomic E-state index is 0.154. The number of nitrogens with one attached hydrogen (secondary N) is 1. The Labute approximate surface area is 114 Å². The summed E-state index contributed by atoms with van der Waals surface area (Å²) in [6, 6.07) is 7.65. The Morgan fingerprint density at radius 2 is 2.11 bits per heavy atom. The van der Waals surface area contributed by atoms with Crippen molar-refractivity contribution in [3.8, 4) is 5.75 Å². The third kappa shape index (κ3) is 2.96. The molecule has 0 fully saturated rings. The van der Waals surface area contributed by atoms with Gasteiger partial charge in [0.2, 0.25) is 0 Å². The van der Waals surface area contributed by atoms with Gasteiger partial charge in [0, 0.05) is 36.5 Å². The largest absolute Gasteiger partial charge is 0.508 e. The molecule has 2 N–H and O–H groups in total. The molecule has 0 saturated carbocycles. The van der Waals surface area contributed by atoms with Crippen molar-refractivity contribution in [3.05, 3.63) is 47.3 Å². The van der Waals surface area contributed by atoms with Gasteiger partial charge in [0.15, 0.2) is 0 Å². The van der Waals surface area contributed by atoms with E-state index in [4.69, 9.17) is 0 Å². The van der Waals surface area contributed by atoms with Crippen molar-refractivity contribution < 1.29 is 5.11 Å². The summed E-state index contributed by atoms with van der Waals surface area (Å²) in [7, 11) is 1.94. The molecule has 2 rings (SSSR count). The molecule has 102 valence electrons. The van der Waals surface area contributed by atoms with E-state index in [0.717, 1.165) is 18.5 Å². The lowest BCUT2D eigenvalue weighted by atomic mass is 10.0. The predicted molar refractivity (Wildman–Crippen MR) is 75.9 cm³/mol. The Kier molecular flexibility index (Phi) is 4.22. The van der Waals surface area contributed by atoms with Crippen LogP contribution < -0.4 is 5.32 Å². The molecule has 1 heterocycles. The summed E-state index contributed by atoms with van der Waals surface area (Å²) in [5, 5.41) is 17.6. The Balaban J connectivity index is 2.08. The summed E-state index contributed by atoms with van der Waals surface area (Å²) in [5.41, 5.74) is 3.31. The van der Waals surface area contributed by atoms with Crippen molar-refractivity contribution in [2.24, 2.45) is 7.05 Å². The van der Waals surface area contributed by atoms with Crippen LogP contribution in [-0.2, 0) is 13.6 Å². The van der Waals surface area contributed by atoms with E-state index in [1.54, 1.807) is 6.07 Å². The van der Waals surface area contributed by atoms with E-state index in [1.807, 2.05) is 36.1 Å². The summed E-state index contributed by atoms with van der Waals surface area (Å²) >= 11 is 0. The molecule has 0 aliphatic rings. The smallest absolute Gasteiger partial charge is 0.120 e. The highest BCUT2D eigenvalue weighted by molar-refractivity contribution is 5.34. The maximum atomic E-state index is 9.91. The number of phenols is 1. The number of aromatic nitrogens is 2. The summed E-state index contributed by atoms with van der Waals surface area (Å²) < 4.78 is 1.87. The van der Waals surface area contributed by atoms with Crippen molar-refractivity contribution in [3.63, 3.8) is 0 Å². The highest BCUT2D eigenvalue weighted by atomic mass is 16.3. The summed E-state index contributed by atoms with van der Waals surface area (Å²) in [5.74, 6) is 0.352. The Morgan fingerprint density at radius 1 is 1.37 bits per heavy atom. The van der Waals surface area contributed by atoms with Crippen LogP contribution >= 0.6 is 0 Å². The lowest BCUT2D eigenvalue weighted by Gasteiger charge is -2.18. The van der Waals surface area contributed by atoms with E-state index in [0.29, 0.717) is 5.75 Å². The average molecular weight is 259 g/mol. The maximum Gasteiger partial charge on any atom is 0.120 e. The van der Waals surface area contributed by atoms with E-state index in [1.165, 1.54) is 11.3 Å². The van der Waals surface area contributed by atoms with Crippen molar-refractivity contribution in [1.82, 2.24) is 15.1 Å². The Hall–Kier alpha value is -1.81. The van der Waals surface area contributed by atoms with Crippen LogP contribution in [0, 0.1) is 6.92 Å².